The summed E-state index contributed by atoms with van der Waals surface area (Å²) in [6, 6.07) is 16.1. The molecule has 0 bridgehead atoms. The average Bonchev–Trinajstić information content (AvgIpc) is 3.43. The Morgan fingerprint density at radius 1 is 0.974 bits per heavy atom. The molecule has 1 fully saturated rings. The largest absolute Gasteiger partial charge is 0.340 e. The van der Waals surface area contributed by atoms with Gasteiger partial charge in [-0.3, -0.25) is 14.2 Å². The zero-order chi connectivity index (χ0) is 26.4. The van der Waals surface area contributed by atoms with Gasteiger partial charge in [-0.2, -0.15) is 5.10 Å². The summed E-state index contributed by atoms with van der Waals surface area (Å²) in [5.41, 5.74) is 6.13. The number of nitrogens with zero attached hydrogens (tertiary/aromatic N) is 4. The fraction of sp³-hybridized carbons (Fsp3) is 0.323. The second-order valence-corrected chi connectivity index (χ2v) is 11.2. The number of anilines is 1. The summed E-state index contributed by atoms with van der Waals surface area (Å²) < 4.78 is 2.97. The molecule has 0 radical (unpaired) electrons. The maximum Gasteiger partial charge on any atom is 0.279 e. The molecular weight excluding hydrogens is 492 g/mol. The van der Waals surface area contributed by atoms with Crippen LogP contribution in [0.2, 0.25) is 0 Å². The van der Waals surface area contributed by atoms with Crippen molar-refractivity contribution in [3.8, 4) is 5.69 Å². The van der Waals surface area contributed by atoms with Crippen molar-refractivity contribution in [3.05, 3.63) is 85.3 Å². The van der Waals surface area contributed by atoms with E-state index in [-0.39, 0.29) is 17.5 Å². The minimum Gasteiger partial charge on any atom is -0.340 e. The lowest BCUT2D eigenvalue weighted by atomic mass is 9.95. The predicted molar refractivity (Wildman–Crippen MR) is 156 cm³/mol. The lowest BCUT2D eigenvalue weighted by molar-refractivity contribution is -0.126. The number of likely N-dealkylation sites (N-methyl/N-ethyl adjacent to an activating group) is 1. The summed E-state index contributed by atoms with van der Waals surface area (Å²) in [7, 11) is 0. The van der Waals surface area contributed by atoms with Gasteiger partial charge in [0.1, 0.15) is 9.20 Å². The third-order valence-corrected chi connectivity index (χ3v) is 8.89. The summed E-state index contributed by atoms with van der Waals surface area (Å²) in [4.78, 5) is 30.2. The van der Waals surface area contributed by atoms with E-state index in [1.54, 1.807) is 9.58 Å². The number of carbonyl (C=O) groups excluding carboxylic acids is 1. The second-order valence-electron chi connectivity index (χ2n) is 10.2. The SMILES string of the molecule is CCN1C(=c2sc(=C3C(=O)N(C4CCCCC4)N=C3C)n(-c3ccccc3)c2=O)C=Cc2cc(C)ccc21. The van der Waals surface area contributed by atoms with Gasteiger partial charge in [0.15, 0.2) is 0 Å². The highest BCUT2D eigenvalue weighted by molar-refractivity contribution is 7.08. The van der Waals surface area contributed by atoms with Gasteiger partial charge < -0.3 is 4.90 Å². The van der Waals surface area contributed by atoms with Crippen molar-refractivity contribution in [2.24, 2.45) is 5.10 Å². The van der Waals surface area contributed by atoms with Crippen LogP contribution in [0.1, 0.15) is 57.1 Å². The van der Waals surface area contributed by atoms with Gasteiger partial charge in [-0.25, -0.2) is 5.01 Å². The minimum atomic E-state index is -0.117. The first-order chi connectivity index (χ1) is 18.5. The van der Waals surface area contributed by atoms with Crippen LogP contribution in [-0.2, 0) is 4.79 Å². The van der Waals surface area contributed by atoms with Crippen LogP contribution < -0.4 is 19.7 Å². The molecule has 6 rings (SSSR count). The van der Waals surface area contributed by atoms with Crippen LogP contribution in [0.4, 0.5) is 5.69 Å². The maximum atomic E-state index is 14.2. The third-order valence-electron chi connectivity index (χ3n) is 7.72. The molecule has 1 saturated carbocycles. The number of fused-ring (bicyclic) bond motifs is 1. The number of aromatic nitrogens is 1. The molecule has 194 valence electrons. The molecule has 0 unspecified atom stereocenters. The fourth-order valence-corrected chi connectivity index (χ4v) is 7.11. The molecule has 2 aromatic carbocycles. The quantitative estimate of drug-likeness (QED) is 0.504. The van der Waals surface area contributed by atoms with Crippen molar-refractivity contribution in [1.82, 2.24) is 9.58 Å². The normalized spacial score (nSPS) is 20.7. The van der Waals surface area contributed by atoms with Crippen molar-refractivity contribution >= 4 is 46.0 Å². The van der Waals surface area contributed by atoms with Gasteiger partial charge in [-0.15, -0.1) is 11.3 Å². The van der Waals surface area contributed by atoms with Crippen molar-refractivity contribution in [3.63, 3.8) is 0 Å². The first-order valence-electron chi connectivity index (χ1n) is 13.5. The van der Waals surface area contributed by atoms with Gasteiger partial charge in [0, 0.05) is 12.2 Å². The van der Waals surface area contributed by atoms with Crippen molar-refractivity contribution in [2.75, 3.05) is 11.4 Å². The minimum absolute atomic E-state index is 0.0933. The molecule has 0 saturated heterocycles. The standard InChI is InChI=1S/C31H32N4O2S/c1-4-33-25-17-15-20(2)19-22(25)16-18-26(33)28-30(37)34(23-11-7-5-8-12-23)31(38-28)27-21(3)32-35(29(27)36)24-13-9-6-10-14-24/h5,7-8,11-12,15-19,24H,4,6,9-10,13-14H2,1-3H3. The molecule has 0 spiro atoms. The number of carbonyl (C=O) groups is 1. The summed E-state index contributed by atoms with van der Waals surface area (Å²) in [6.45, 7) is 6.80. The molecule has 1 amide bonds. The topological polar surface area (TPSA) is 57.9 Å². The number of hydrazone groups is 1. The van der Waals surface area contributed by atoms with E-state index in [0.717, 1.165) is 54.9 Å². The number of hydrogen-bond donors (Lipinski definition) is 0. The van der Waals surface area contributed by atoms with Gasteiger partial charge in [0.2, 0.25) is 0 Å². The Morgan fingerprint density at radius 3 is 2.47 bits per heavy atom. The second kappa shape index (κ2) is 9.87. The summed E-state index contributed by atoms with van der Waals surface area (Å²) in [5.74, 6) is -0.0933. The Morgan fingerprint density at radius 2 is 1.74 bits per heavy atom. The van der Waals surface area contributed by atoms with E-state index < -0.39 is 0 Å². The zero-order valence-electron chi connectivity index (χ0n) is 22.1. The highest BCUT2D eigenvalue weighted by Crippen LogP contribution is 2.32. The van der Waals surface area contributed by atoms with Gasteiger partial charge >= 0.3 is 0 Å². The van der Waals surface area contributed by atoms with Gasteiger partial charge in [0.05, 0.1) is 28.7 Å². The Hall–Kier alpha value is -3.71. The molecule has 3 aliphatic rings. The molecule has 3 aromatic rings. The van der Waals surface area contributed by atoms with Crippen LogP contribution in [0.25, 0.3) is 23.0 Å². The van der Waals surface area contributed by atoms with Crippen LogP contribution in [-0.4, -0.2) is 33.8 Å². The third kappa shape index (κ3) is 4.06. The number of hydrogen-bond acceptors (Lipinski definition) is 5. The molecule has 0 N–H and O–H groups in total. The van der Waals surface area contributed by atoms with Crippen molar-refractivity contribution in [1.29, 1.82) is 0 Å². The Balaban J connectivity index is 1.61. The zero-order valence-corrected chi connectivity index (χ0v) is 22.9. The summed E-state index contributed by atoms with van der Waals surface area (Å²) >= 11 is 1.39. The first-order valence-corrected chi connectivity index (χ1v) is 14.3. The molecule has 7 heteroatoms. The van der Waals surface area contributed by atoms with E-state index in [4.69, 9.17) is 5.10 Å². The van der Waals surface area contributed by atoms with Crippen LogP contribution in [0.15, 0.2) is 64.5 Å². The van der Waals surface area contributed by atoms with E-state index in [0.29, 0.717) is 20.5 Å². The first kappa shape index (κ1) is 24.6. The van der Waals surface area contributed by atoms with Crippen LogP contribution in [0.5, 0.6) is 0 Å². The number of thiazole rings is 1. The molecule has 1 aromatic heterocycles. The molecule has 38 heavy (non-hydrogen) atoms. The summed E-state index contributed by atoms with van der Waals surface area (Å²) in [6.07, 6.45) is 9.52. The number of para-hydroxylation sites is 1. The molecule has 0 atom stereocenters. The van der Waals surface area contributed by atoms with Crippen LogP contribution in [0.3, 0.4) is 0 Å². The molecular formula is C31H32N4O2S. The van der Waals surface area contributed by atoms with E-state index in [9.17, 15) is 9.59 Å². The van der Waals surface area contributed by atoms with Gasteiger partial charge in [-0.05, 0) is 69.5 Å². The lowest BCUT2D eigenvalue weighted by Crippen LogP contribution is -2.38. The monoisotopic (exact) mass is 524 g/mol. The number of benzene rings is 2. The number of aryl methyl sites for hydroxylation is 1. The van der Waals surface area contributed by atoms with Crippen molar-refractivity contribution < 1.29 is 4.79 Å². The average molecular weight is 525 g/mol. The highest BCUT2D eigenvalue weighted by atomic mass is 32.1. The number of amides is 1. The Kier molecular flexibility index (Phi) is 6.40. The van der Waals surface area contributed by atoms with Gasteiger partial charge in [-0.1, -0.05) is 55.2 Å². The lowest BCUT2D eigenvalue weighted by Gasteiger charge is -2.29. The molecule has 6 nitrogen and oxygen atoms in total. The Labute approximate surface area is 226 Å². The van der Waals surface area contributed by atoms with E-state index in [1.807, 2.05) is 43.3 Å². The van der Waals surface area contributed by atoms with E-state index in [2.05, 4.69) is 43.0 Å². The van der Waals surface area contributed by atoms with Crippen molar-refractivity contribution in [2.45, 2.75) is 58.9 Å². The van der Waals surface area contributed by atoms with E-state index in [1.165, 1.54) is 23.3 Å². The Bertz CT molecular complexity index is 1660. The smallest absolute Gasteiger partial charge is 0.279 e. The maximum absolute atomic E-state index is 14.2. The molecule has 2 aliphatic heterocycles. The fourth-order valence-electron chi connectivity index (χ4n) is 5.84. The molecule has 1 aliphatic carbocycles. The molecule has 3 heterocycles. The van der Waals surface area contributed by atoms with Gasteiger partial charge in [0.25, 0.3) is 11.5 Å². The summed E-state index contributed by atoms with van der Waals surface area (Å²) in [5, 5.41) is 6.42. The highest BCUT2D eigenvalue weighted by Gasteiger charge is 2.35. The van der Waals surface area contributed by atoms with Crippen LogP contribution in [0, 0.1) is 6.92 Å². The predicted octanol–water partition coefficient (Wildman–Crippen LogP) is 4.57. The van der Waals surface area contributed by atoms with Crippen LogP contribution >= 0.6 is 11.3 Å². The van der Waals surface area contributed by atoms with E-state index >= 15 is 0 Å². The number of rotatable bonds is 3.